The average Bonchev–Trinajstić information content (AvgIpc) is 2.67. The van der Waals surface area contributed by atoms with Crippen LogP contribution >= 0.6 is 0 Å². The molecule has 1 heterocycles. The zero-order chi connectivity index (χ0) is 11.3. The van der Waals surface area contributed by atoms with Gasteiger partial charge in [0.2, 0.25) is 11.5 Å². The molecule has 1 rings (SSSR count). The van der Waals surface area contributed by atoms with Gasteiger partial charge in [-0.25, -0.2) is 9.59 Å². The highest BCUT2D eigenvalue weighted by Crippen LogP contribution is 2.10. The van der Waals surface area contributed by atoms with Gasteiger partial charge in [-0.05, 0) is 12.1 Å². The maximum Gasteiger partial charge on any atom is 0.388 e. The SMILES string of the molecule is C#COC(=O)c1ccc(C(=O)OC#C)o1. The van der Waals surface area contributed by atoms with Gasteiger partial charge in [0.25, 0.3) is 0 Å². The molecule has 0 aromatic carbocycles. The maximum atomic E-state index is 11.0. The molecular formula is C10H4O5. The van der Waals surface area contributed by atoms with Crippen molar-refractivity contribution < 1.29 is 23.5 Å². The Balaban J connectivity index is 2.82. The molecule has 0 saturated carbocycles. The molecule has 0 aliphatic carbocycles. The van der Waals surface area contributed by atoms with Crippen LogP contribution in [0.1, 0.15) is 21.1 Å². The minimum absolute atomic E-state index is 0.211. The number of hydrogen-bond acceptors (Lipinski definition) is 5. The van der Waals surface area contributed by atoms with E-state index in [0.29, 0.717) is 0 Å². The van der Waals surface area contributed by atoms with Gasteiger partial charge in [0.05, 0.1) is 0 Å². The second-order valence-corrected chi connectivity index (χ2v) is 2.18. The van der Waals surface area contributed by atoms with E-state index in [1.807, 2.05) is 0 Å². The van der Waals surface area contributed by atoms with Gasteiger partial charge in [-0.2, -0.15) is 0 Å². The van der Waals surface area contributed by atoms with E-state index in [1.54, 1.807) is 12.2 Å². The van der Waals surface area contributed by atoms with Gasteiger partial charge in [-0.3, -0.25) is 0 Å². The van der Waals surface area contributed by atoms with Gasteiger partial charge >= 0.3 is 11.9 Å². The van der Waals surface area contributed by atoms with Gasteiger partial charge in [0.1, 0.15) is 12.2 Å². The van der Waals surface area contributed by atoms with Gasteiger partial charge in [-0.1, -0.05) is 12.8 Å². The van der Waals surface area contributed by atoms with Crippen LogP contribution in [0.2, 0.25) is 0 Å². The highest BCUT2D eigenvalue weighted by molar-refractivity contribution is 5.91. The summed E-state index contributed by atoms with van der Waals surface area (Å²) in [6.07, 6.45) is 12.8. The van der Waals surface area contributed by atoms with Crippen molar-refractivity contribution in [1.82, 2.24) is 0 Å². The van der Waals surface area contributed by atoms with E-state index in [1.165, 1.54) is 12.1 Å². The zero-order valence-electron chi connectivity index (χ0n) is 7.35. The Morgan fingerprint density at radius 3 is 1.80 bits per heavy atom. The molecule has 0 N–H and O–H groups in total. The van der Waals surface area contributed by atoms with Crippen LogP contribution in [0.25, 0.3) is 0 Å². The summed E-state index contributed by atoms with van der Waals surface area (Å²) in [4.78, 5) is 22.0. The Morgan fingerprint density at radius 1 is 1.07 bits per heavy atom. The highest BCUT2D eigenvalue weighted by atomic mass is 16.6. The van der Waals surface area contributed by atoms with E-state index >= 15 is 0 Å². The van der Waals surface area contributed by atoms with Crippen LogP contribution in [0, 0.1) is 25.1 Å². The first-order valence-corrected chi connectivity index (χ1v) is 3.62. The molecule has 1 aromatic heterocycles. The number of terminal acetylenes is 2. The third-order valence-electron chi connectivity index (χ3n) is 1.31. The Hall–Kier alpha value is -2.66. The van der Waals surface area contributed by atoms with E-state index in [4.69, 9.17) is 17.3 Å². The molecule has 15 heavy (non-hydrogen) atoms. The molecular weight excluding hydrogens is 200 g/mol. The van der Waals surface area contributed by atoms with Gasteiger partial charge < -0.3 is 13.9 Å². The van der Waals surface area contributed by atoms with E-state index < -0.39 is 11.9 Å². The largest absolute Gasteiger partial charge is 0.442 e. The second-order valence-electron chi connectivity index (χ2n) is 2.18. The van der Waals surface area contributed by atoms with E-state index in [0.717, 1.165) is 0 Å². The Morgan fingerprint density at radius 2 is 1.47 bits per heavy atom. The summed E-state index contributed by atoms with van der Waals surface area (Å²) in [5.41, 5.74) is 0. The molecule has 74 valence electrons. The standard InChI is InChI=1S/C10H4O5/c1-3-13-9(11)7-5-6-8(15-7)10(12)14-4-2/h1-2,5-6H. The van der Waals surface area contributed by atoms with E-state index in [9.17, 15) is 9.59 Å². The van der Waals surface area contributed by atoms with Crippen LogP contribution in [0.15, 0.2) is 16.5 Å². The summed E-state index contributed by atoms with van der Waals surface area (Å²) in [5.74, 6) is -2.18. The van der Waals surface area contributed by atoms with Gasteiger partial charge in [0.15, 0.2) is 0 Å². The second kappa shape index (κ2) is 4.54. The molecule has 0 atom stereocenters. The lowest BCUT2D eigenvalue weighted by atomic mass is 10.4. The van der Waals surface area contributed by atoms with Crippen molar-refractivity contribution in [3.05, 3.63) is 23.7 Å². The first-order valence-electron chi connectivity index (χ1n) is 3.62. The minimum atomic E-state index is -0.878. The van der Waals surface area contributed by atoms with Crippen molar-refractivity contribution in [2.45, 2.75) is 0 Å². The molecule has 0 fully saturated rings. The molecule has 0 saturated heterocycles. The Bertz CT molecular complexity index is 426. The monoisotopic (exact) mass is 204 g/mol. The number of ether oxygens (including phenoxy) is 2. The topological polar surface area (TPSA) is 65.7 Å². The van der Waals surface area contributed by atoms with Gasteiger partial charge in [0, 0.05) is 0 Å². The fraction of sp³-hybridized carbons (Fsp3) is 0. The molecule has 5 nitrogen and oxygen atoms in total. The van der Waals surface area contributed by atoms with E-state index in [2.05, 4.69) is 9.47 Å². The fourth-order valence-electron chi connectivity index (χ4n) is 0.765. The summed E-state index contributed by atoms with van der Waals surface area (Å²) >= 11 is 0. The minimum Gasteiger partial charge on any atom is -0.442 e. The quantitative estimate of drug-likeness (QED) is 0.526. The predicted molar refractivity (Wildman–Crippen MR) is 47.2 cm³/mol. The number of rotatable bonds is 2. The number of hydrogen-bond donors (Lipinski definition) is 0. The maximum absolute atomic E-state index is 11.0. The zero-order valence-corrected chi connectivity index (χ0v) is 7.35. The lowest BCUT2D eigenvalue weighted by molar-refractivity contribution is 0.0625. The third kappa shape index (κ3) is 2.39. The van der Waals surface area contributed by atoms with Gasteiger partial charge in [-0.15, -0.1) is 0 Å². The van der Waals surface area contributed by atoms with Crippen molar-refractivity contribution in [2.24, 2.45) is 0 Å². The fourth-order valence-corrected chi connectivity index (χ4v) is 0.765. The summed E-state index contributed by atoms with van der Waals surface area (Å²) < 4.78 is 13.1. The summed E-state index contributed by atoms with van der Waals surface area (Å²) in [5, 5.41) is 0. The highest BCUT2D eigenvalue weighted by Gasteiger charge is 2.17. The van der Waals surface area contributed by atoms with Crippen LogP contribution in [-0.2, 0) is 9.47 Å². The van der Waals surface area contributed by atoms with Crippen molar-refractivity contribution in [2.75, 3.05) is 0 Å². The summed E-state index contributed by atoms with van der Waals surface area (Å²) in [6.45, 7) is 0. The van der Waals surface area contributed by atoms with E-state index in [-0.39, 0.29) is 11.5 Å². The molecule has 1 aromatic rings. The lowest BCUT2D eigenvalue weighted by Crippen LogP contribution is -2.00. The number of carbonyl (C=O) groups excluding carboxylic acids is 2. The summed E-state index contributed by atoms with van der Waals surface area (Å²) in [6, 6.07) is 2.43. The van der Waals surface area contributed by atoms with Crippen LogP contribution in [0.3, 0.4) is 0 Å². The van der Waals surface area contributed by atoms with Crippen LogP contribution in [0.4, 0.5) is 0 Å². The first kappa shape index (κ1) is 10.4. The van der Waals surface area contributed by atoms with Crippen molar-refractivity contribution in [3.63, 3.8) is 0 Å². The number of furan rings is 1. The van der Waals surface area contributed by atoms with Crippen LogP contribution < -0.4 is 0 Å². The summed E-state index contributed by atoms with van der Waals surface area (Å²) in [7, 11) is 0. The normalized spacial score (nSPS) is 8.40. The molecule has 0 aliphatic rings. The van der Waals surface area contributed by atoms with Crippen LogP contribution in [0.5, 0.6) is 0 Å². The molecule has 0 unspecified atom stereocenters. The molecule has 5 heteroatoms. The number of carbonyl (C=O) groups is 2. The van der Waals surface area contributed by atoms with Crippen molar-refractivity contribution >= 4 is 11.9 Å². The lowest BCUT2D eigenvalue weighted by Gasteiger charge is -1.92. The first-order chi connectivity index (χ1) is 7.19. The smallest absolute Gasteiger partial charge is 0.388 e. The molecule has 0 spiro atoms. The van der Waals surface area contributed by atoms with Crippen molar-refractivity contribution in [3.8, 4) is 25.1 Å². The Kier molecular flexibility index (Phi) is 3.15. The molecule has 0 bridgehead atoms. The molecule has 0 radical (unpaired) electrons. The van der Waals surface area contributed by atoms with Crippen LogP contribution in [-0.4, -0.2) is 11.9 Å². The Labute approximate surface area is 85.0 Å². The van der Waals surface area contributed by atoms with Crippen molar-refractivity contribution in [1.29, 1.82) is 0 Å². The molecule has 0 aliphatic heterocycles. The average molecular weight is 204 g/mol. The third-order valence-corrected chi connectivity index (χ3v) is 1.31. The number of esters is 2. The predicted octanol–water partition coefficient (Wildman–Crippen LogP) is 0.775. The molecule has 0 amide bonds.